The van der Waals surface area contributed by atoms with Crippen molar-refractivity contribution in [2.45, 2.75) is 13.3 Å². The van der Waals surface area contributed by atoms with Gasteiger partial charge in [-0.05, 0) is 18.6 Å². The summed E-state index contributed by atoms with van der Waals surface area (Å²) in [5.41, 5.74) is -0.322. The highest BCUT2D eigenvalue weighted by Gasteiger charge is 2.16. The second kappa shape index (κ2) is 7.44. The van der Waals surface area contributed by atoms with Crippen LogP contribution < -0.4 is 5.32 Å². The van der Waals surface area contributed by atoms with Crippen molar-refractivity contribution >= 4 is 29.2 Å². The van der Waals surface area contributed by atoms with Gasteiger partial charge in [-0.3, -0.25) is 19.7 Å². The second-order valence-corrected chi connectivity index (χ2v) is 4.23. The summed E-state index contributed by atoms with van der Waals surface area (Å²) in [6, 6.07) is 3.64. The van der Waals surface area contributed by atoms with Gasteiger partial charge in [-0.1, -0.05) is 18.5 Å². The Balaban J connectivity index is 2.66. The maximum atomic E-state index is 11.7. The topological polar surface area (TPSA) is 98.5 Å². The van der Waals surface area contributed by atoms with Crippen LogP contribution in [-0.2, 0) is 9.53 Å². The van der Waals surface area contributed by atoms with Crippen LogP contribution in [0.2, 0.25) is 5.02 Å². The van der Waals surface area contributed by atoms with Crippen LogP contribution in [0.5, 0.6) is 0 Å². The molecule has 20 heavy (non-hydrogen) atoms. The zero-order chi connectivity index (χ0) is 15.1. The molecule has 0 saturated heterocycles. The predicted octanol–water partition coefficient (Wildman–Crippen LogP) is 1.93. The Morgan fingerprint density at radius 1 is 1.45 bits per heavy atom. The number of rotatable bonds is 6. The molecule has 0 fully saturated rings. The molecule has 0 heterocycles. The number of carbonyl (C=O) groups is 2. The van der Waals surface area contributed by atoms with Crippen molar-refractivity contribution in [1.29, 1.82) is 0 Å². The summed E-state index contributed by atoms with van der Waals surface area (Å²) in [7, 11) is 0. The van der Waals surface area contributed by atoms with Crippen LogP contribution in [0.1, 0.15) is 23.7 Å². The van der Waals surface area contributed by atoms with E-state index in [9.17, 15) is 19.7 Å². The maximum Gasteiger partial charge on any atom is 0.325 e. The van der Waals surface area contributed by atoms with Gasteiger partial charge in [0.2, 0.25) is 0 Å². The summed E-state index contributed by atoms with van der Waals surface area (Å²) in [5.74, 6) is -1.18. The van der Waals surface area contributed by atoms with Crippen molar-refractivity contribution in [3.63, 3.8) is 0 Å². The number of hydrogen-bond acceptors (Lipinski definition) is 5. The van der Waals surface area contributed by atoms with Crippen molar-refractivity contribution in [3.8, 4) is 0 Å². The summed E-state index contributed by atoms with van der Waals surface area (Å²) in [5, 5.41) is 12.9. The number of nitro benzene ring substituents is 1. The number of nitrogens with one attached hydrogen (secondary N) is 1. The maximum absolute atomic E-state index is 11.7. The second-order valence-electron chi connectivity index (χ2n) is 3.83. The molecule has 0 aromatic heterocycles. The lowest BCUT2D eigenvalue weighted by molar-refractivity contribution is -0.384. The number of amides is 1. The van der Waals surface area contributed by atoms with Gasteiger partial charge in [0.15, 0.2) is 0 Å². The Hall–Kier alpha value is -2.15. The molecular formula is C12H13ClN2O5. The highest BCUT2D eigenvalue weighted by molar-refractivity contribution is 6.32. The first-order chi connectivity index (χ1) is 9.45. The van der Waals surface area contributed by atoms with Crippen molar-refractivity contribution in [1.82, 2.24) is 5.32 Å². The van der Waals surface area contributed by atoms with Crippen LogP contribution in [-0.4, -0.2) is 30.0 Å². The van der Waals surface area contributed by atoms with Gasteiger partial charge in [0.25, 0.3) is 11.6 Å². The number of ether oxygens (including phenoxy) is 1. The number of carbonyl (C=O) groups excluding carboxylic acids is 2. The first kappa shape index (κ1) is 15.9. The van der Waals surface area contributed by atoms with Crippen LogP contribution in [0.25, 0.3) is 0 Å². The minimum absolute atomic E-state index is 0.0457. The van der Waals surface area contributed by atoms with Crippen molar-refractivity contribution in [2.24, 2.45) is 0 Å². The molecule has 0 aliphatic rings. The van der Waals surface area contributed by atoms with E-state index >= 15 is 0 Å². The van der Waals surface area contributed by atoms with E-state index < -0.39 is 16.8 Å². The number of halogens is 1. The summed E-state index contributed by atoms with van der Waals surface area (Å²) in [6.07, 6.45) is 0.684. The Bertz CT molecular complexity index is 533. The predicted molar refractivity (Wildman–Crippen MR) is 71.7 cm³/mol. The van der Waals surface area contributed by atoms with Gasteiger partial charge in [-0.15, -0.1) is 0 Å². The molecule has 0 radical (unpaired) electrons. The van der Waals surface area contributed by atoms with E-state index in [1.165, 1.54) is 12.1 Å². The highest BCUT2D eigenvalue weighted by atomic mass is 35.5. The molecule has 0 spiro atoms. The van der Waals surface area contributed by atoms with E-state index in [1.54, 1.807) is 0 Å². The molecule has 0 bridgehead atoms. The SMILES string of the molecule is CCCOC(=O)CNC(=O)c1ccc(Cl)c([N+](=O)[O-])c1. The molecule has 7 nitrogen and oxygen atoms in total. The molecule has 1 rings (SSSR count). The molecule has 0 atom stereocenters. The number of nitrogens with zero attached hydrogens (tertiary/aromatic N) is 1. The van der Waals surface area contributed by atoms with E-state index in [4.69, 9.17) is 16.3 Å². The standard InChI is InChI=1S/C12H13ClN2O5/c1-2-5-20-11(16)7-14-12(17)8-3-4-9(13)10(6-8)15(18)19/h3-4,6H,2,5,7H2,1H3,(H,14,17). The molecular weight excluding hydrogens is 288 g/mol. The van der Waals surface area contributed by atoms with Gasteiger partial charge in [0.1, 0.15) is 11.6 Å². The lowest BCUT2D eigenvalue weighted by Gasteiger charge is -2.06. The van der Waals surface area contributed by atoms with Gasteiger partial charge in [-0.25, -0.2) is 0 Å². The Morgan fingerprint density at radius 2 is 2.15 bits per heavy atom. The molecule has 1 N–H and O–H groups in total. The van der Waals surface area contributed by atoms with Crippen molar-refractivity contribution in [2.75, 3.05) is 13.2 Å². The lowest BCUT2D eigenvalue weighted by atomic mass is 10.2. The van der Waals surface area contributed by atoms with Crippen LogP contribution >= 0.6 is 11.6 Å². The zero-order valence-corrected chi connectivity index (χ0v) is 11.5. The molecule has 1 amide bonds. The first-order valence-electron chi connectivity index (χ1n) is 5.83. The Morgan fingerprint density at radius 3 is 2.75 bits per heavy atom. The van der Waals surface area contributed by atoms with Crippen LogP contribution in [0.3, 0.4) is 0 Å². The number of esters is 1. The molecule has 1 aromatic rings. The largest absolute Gasteiger partial charge is 0.464 e. The third-order valence-corrected chi connectivity index (χ3v) is 2.59. The van der Waals surface area contributed by atoms with E-state index in [-0.39, 0.29) is 29.4 Å². The summed E-state index contributed by atoms with van der Waals surface area (Å²) < 4.78 is 4.78. The third kappa shape index (κ3) is 4.51. The molecule has 8 heteroatoms. The number of nitro groups is 1. The molecule has 0 aliphatic carbocycles. The molecule has 108 valence electrons. The zero-order valence-electron chi connectivity index (χ0n) is 10.7. The average molecular weight is 301 g/mol. The number of hydrogen-bond donors (Lipinski definition) is 1. The van der Waals surface area contributed by atoms with Crippen molar-refractivity contribution in [3.05, 3.63) is 38.9 Å². The molecule has 0 aliphatic heterocycles. The Labute approximate surface area is 120 Å². The van der Waals surface area contributed by atoms with E-state index in [1.807, 2.05) is 6.92 Å². The van der Waals surface area contributed by atoms with Gasteiger partial charge in [0, 0.05) is 11.6 Å². The molecule has 1 aromatic carbocycles. The average Bonchev–Trinajstić information content (AvgIpc) is 2.42. The van der Waals surface area contributed by atoms with Gasteiger partial charge >= 0.3 is 5.97 Å². The van der Waals surface area contributed by atoms with E-state index in [0.717, 1.165) is 6.07 Å². The van der Waals surface area contributed by atoms with Gasteiger partial charge in [0.05, 0.1) is 11.5 Å². The Kier molecular flexibility index (Phi) is 5.92. The summed E-state index contributed by atoms with van der Waals surface area (Å²) in [4.78, 5) is 32.9. The third-order valence-electron chi connectivity index (χ3n) is 2.27. The van der Waals surface area contributed by atoms with Gasteiger partial charge in [-0.2, -0.15) is 0 Å². The van der Waals surface area contributed by atoms with Crippen LogP contribution in [0.4, 0.5) is 5.69 Å². The smallest absolute Gasteiger partial charge is 0.325 e. The minimum Gasteiger partial charge on any atom is -0.464 e. The normalized spacial score (nSPS) is 9.90. The lowest BCUT2D eigenvalue weighted by Crippen LogP contribution is -2.30. The van der Waals surface area contributed by atoms with E-state index in [0.29, 0.717) is 6.42 Å². The molecule has 0 unspecified atom stereocenters. The summed E-state index contributed by atoms with van der Waals surface area (Å²) in [6.45, 7) is 1.83. The first-order valence-corrected chi connectivity index (χ1v) is 6.21. The van der Waals surface area contributed by atoms with Crippen LogP contribution in [0.15, 0.2) is 18.2 Å². The molecule has 0 saturated carbocycles. The van der Waals surface area contributed by atoms with Crippen LogP contribution in [0, 0.1) is 10.1 Å². The fourth-order valence-corrected chi connectivity index (χ4v) is 1.50. The fourth-order valence-electron chi connectivity index (χ4n) is 1.32. The van der Waals surface area contributed by atoms with E-state index in [2.05, 4.69) is 5.32 Å². The fraction of sp³-hybridized carbons (Fsp3) is 0.333. The summed E-state index contributed by atoms with van der Waals surface area (Å²) >= 11 is 5.63. The van der Waals surface area contributed by atoms with Crippen molar-refractivity contribution < 1.29 is 19.2 Å². The highest BCUT2D eigenvalue weighted by Crippen LogP contribution is 2.24. The number of benzene rings is 1. The quantitative estimate of drug-likeness (QED) is 0.491. The van der Waals surface area contributed by atoms with Gasteiger partial charge < -0.3 is 10.1 Å². The monoisotopic (exact) mass is 300 g/mol. The minimum atomic E-state index is -0.686.